The molecule has 0 saturated carbocycles. The molecule has 0 spiro atoms. The molecule has 1 rings (SSSR count). The van der Waals surface area contributed by atoms with Crippen LogP contribution < -0.4 is 14.6 Å². The van der Waals surface area contributed by atoms with Crippen LogP contribution in [-0.4, -0.2) is 15.5 Å². The lowest BCUT2D eigenvalue weighted by Gasteiger charge is -2.04. The Hall–Kier alpha value is -1.11. The van der Waals surface area contributed by atoms with Gasteiger partial charge < -0.3 is 4.74 Å². The van der Waals surface area contributed by atoms with Crippen molar-refractivity contribution in [3.8, 4) is 5.75 Å². The Morgan fingerprint density at radius 1 is 1.50 bits per heavy atom. The first kappa shape index (κ1) is 11.0. The van der Waals surface area contributed by atoms with E-state index in [1.165, 1.54) is 0 Å². The van der Waals surface area contributed by atoms with Gasteiger partial charge in [-0.1, -0.05) is 12.1 Å². The summed E-state index contributed by atoms with van der Waals surface area (Å²) in [4.78, 5) is 0. The maximum absolute atomic E-state index is 10.6. The summed E-state index contributed by atoms with van der Waals surface area (Å²) in [7, 11) is -2.08. The third kappa shape index (κ3) is 3.73. The van der Waals surface area contributed by atoms with Crippen molar-refractivity contribution >= 4 is 10.2 Å². The van der Waals surface area contributed by atoms with Gasteiger partial charge in [-0.05, 0) is 17.7 Å². The molecule has 0 aliphatic rings. The first-order valence-electron chi connectivity index (χ1n) is 3.91. The van der Waals surface area contributed by atoms with Crippen molar-refractivity contribution in [2.75, 3.05) is 7.11 Å². The van der Waals surface area contributed by atoms with Crippen molar-refractivity contribution < 1.29 is 13.2 Å². The molecule has 0 heterocycles. The summed E-state index contributed by atoms with van der Waals surface area (Å²) in [5.74, 6) is 0.679. The maximum Gasteiger partial charge on any atom is 0.274 e. The van der Waals surface area contributed by atoms with Gasteiger partial charge >= 0.3 is 0 Å². The molecule has 0 radical (unpaired) electrons. The second kappa shape index (κ2) is 4.41. The molecule has 14 heavy (non-hydrogen) atoms. The molecule has 0 fully saturated rings. The van der Waals surface area contributed by atoms with Crippen LogP contribution in [0, 0.1) is 0 Å². The summed E-state index contributed by atoms with van der Waals surface area (Å²) >= 11 is 0. The van der Waals surface area contributed by atoms with Gasteiger partial charge in [0.25, 0.3) is 10.2 Å². The molecule has 1 aromatic rings. The number of rotatable bonds is 4. The van der Waals surface area contributed by atoms with Crippen LogP contribution in [0.2, 0.25) is 0 Å². The topological polar surface area (TPSA) is 81.4 Å². The Bertz CT molecular complexity index is 403. The summed E-state index contributed by atoms with van der Waals surface area (Å²) < 4.78 is 28.4. The summed E-state index contributed by atoms with van der Waals surface area (Å²) in [6.45, 7) is 0.163. The lowest BCUT2D eigenvalue weighted by atomic mass is 10.2. The standard InChI is InChI=1S/C8H12N2O3S/c1-13-8-4-2-3-7(5-8)6-10-14(9,11)12/h2-5,10H,6H2,1H3,(H2,9,11,12). The van der Waals surface area contributed by atoms with Gasteiger partial charge in [-0.25, -0.2) is 5.14 Å². The van der Waals surface area contributed by atoms with E-state index in [0.29, 0.717) is 5.75 Å². The minimum atomic E-state index is -3.63. The van der Waals surface area contributed by atoms with Crippen molar-refractivity contribution in [2.45, 2.75) is 6.54 Å². The zero-order valence-electron chi connectivity index (χ0n) is 7.73. The zero-order valence-corrected chi connectivity index (χ0v) is 8.54. The third-order valence-corrected chi connectivity index (χ3v) is 2.16. The van der Waals surface area contributed by atoms with Crippen LogP contribution in [0.4, 0.5) is 0 Å². The molecule has 1 aromatic carbocycles. The summed E-state index contributed by atoms with van der Waals surface area (Å²) in [5.41, 5.74) is 0.790. The molecule has 5 nitrogen and oxygen atoms in total. The number of ether oxygens (including phenoxy) is 1. The van der Waals surface area contributed by atoms with Gasteiger partial charge in [0.2, 0.25) is 0 Å². The van der Waals surface area contributed by atoms with E-state index >= 15 is 0 Å². The lowest BCUT2D eigenvalue weighted by Crippen LogP contribution is -2.30. The fourth-order valence-corrected chi connectivity index (χ4v) is 1.33. The molecule has 0 aliphatic carbocycles. The monoisotopic (exact) mass is 216 g/mol. The largest absolute Gasteiger partial charge is 0.497 e. The van der Waals surface area contributed by atoms with Gasteiger partial charge in [-0.15, -0.1) is 0 Å². The highest BCUT2D eigenvalue weighted by molar-refractivity contribution is 7.87. The van der Waals surface area contributed by atoms with Gasteiger partial charge in [0, 0.05) is 6.54 Å². The molecule has 78 valence electrons. The minimum Gasteiger partial charge on any atom is -0.497 e. The van der Waals surface area contributed by atoms with E-state index in [1.807, 2.05) is 0 Å². The number of hydrogen-bond acceptors (Lipinski definition) is 3. The number of benzene rings is 1. The van der Waals surface area contributed by atoms with Crippen molar-refractivity contribution in [1.29, 1.82) is 0 Å². The Morgan fingerprint density at radius 2 is 2.21 bits per heavy atom. The first-order chi connectivity index (χ1) is 6.51. The van der Waals surface area contributed by atoms with Crippen LogP contribution in [0.5, 0.6) is 5.75 Å². The SMILES string of the molecule is COc1cccc(CNS(N)(=O)=O)c1. The number of hydrogen-bond donors (Lipinski definition) is 2. The Kier molecular flexibility index (Phi) is 3.45. The quantitative estimate of drug-likeness (QED) is 0.742. The second-order valence-corrected chi connectivity index (χ2v) is 4.10. The number of nitrogens with two attached hydrogens (primary N) is 1. The van der Waals surface area contributed by atoms with Gasteiger partial charge in [0.05, 0.1) is 7.11 Å². The molecular formula is C8H12N2O3S. The van der Waals surface area contributed by atoms with Gasteiger partial charge in [-0.3, -0.25) is 0 Å². The molecule has 0 aromatic heterocycles. The Balaban J connectivity index is 2.68. The molecule has 0 amide bonds. The fraction of sp³-hybridized carbons (Fsp3) is 0.250. The summed E-state index contributed by atoms with van der Waals surface area (Å²) in [6.07, 6.45) is 0. The summed E-state index contributed by atoms with van der Waals surface area (Å²) in [5, 5.41) is 4.78. The van der Waals surface area contributed by atoms with Gasteiger partial charge in [0.1, 0.15) is 5.75 Å². The van der Waals surface area contributed by atoms with Gasteiger partial charge in [0.15, 0.2) is 0 Å². The van der Waals surface area contributed by atoms with Crippen LogP contribution >= 0.6 is 0 Å². The van der Waals surface area contributed by atoms with Crippen molar-refractivity contribution in [2.24, 2.45) is 5.14 Å². The van der Waals surface area contributed by atoms with E-state index in [4.69, 9.17) is 9.88 Å². The van der Waals surface area contributed by atoms with Crippen LogP contribution in [0.3, 0.4) is 0 Å². The van der Waals surface area contributed by atoms with E-state index in [2.05, 4.69) is 4.72 Å². The van der Waals surface area contributed by atoms with E-state index in [9.17, 15) is 8.42 Å². The van der Waals surface area contributed by atoms with Crippen LogP contribution in [-0.2, 0) is 16.8 Å². The fourth-order valence-electron chi connectivity index (χ4n) is 0.966. The average molecular weight is 216 g/mol. The molecule has 6 heteroatoms. The molecule has 0 aliphatic heterocycles. The summed E-state index contributed by atoms with van der Waals surface area (Å²) in [6, 6.07) is 7.07. The highest BCUT2D eigenvalue weighted by Gasteiger charge is 2.01. The Labute approximate surface area is 83.1 Å². The highest BCUT2D eigenvalue weighted by Crippen LogP contribution is 2.11. The van der Waals surface area contributed by atoms with Crippen molar-refractivity contribution in [1.82, 2.24) is 4.72 Å². The molecule has 0 bridgehead atoms. The maximum atomic E-state index is 10.6. The van der Waals surface area contributed by atoms with Crippen molar-refractivity contribution in [3.63, 3.8) is 0 Å². The minimum absolute atomic E-state index is 0.163. The van der Waals surface area contributed by atoms with E-state index < -0.39 is 10.2 Å². The molecule has 3 N–H and O–H groups in total. The number of nitrogens with one attached hydrogen (secondary N) is 1. The smallest absolute Gasteiger partial charge is 0.274 e. The number of methoxy groups -OCH3 is 1. The van der Waals surface area contributed by atoms with Gasteiger partial charge in [-0.2, -0.15) is 13.1 Å². The van der Waals surface area contributed by atoms with E-state index in [-0.39, 0.29) is 6.54 Å². The predicted molar refractivity (Wildman–Crippen MR) is 52.9 cm³/mol. The second-order valence-electron chi connectivity index (χ2n) is 2.72. The van der Waals surface area contributed by atoms with Crippen LogP contribution in [0.1, 0.15) is 5.56 Å². The molecular weight excluding hydrogens is 204 g/mol. The lowest BCUT2D eigenvalue weighted by molar-refractivity contribution is 0.414. The average Bonchev–Trinajstić information content (AvgIpc) is 2.14. The van der Waals surface area contributed by atoms with E-state index in [1.54, 1.807) is 31.4 Å². The van der Waals surface area contributed by atoms with Crippen LogP contribution in [0.25, 0.3) is 0 Å². The molecule has 0 saturated heterocycles. The first-order valence-corrected chi connectivity index (χ1v) is 5.46. The molecule has 0 atom stereocenters. The third-order valence-electron chi connectivity index (χ3n) is 1.61. The predicted octanol–water partition coefficient (Wildman–Crippen LogP) is -0.0117. The van der Waals surface area contributed by atoms with E-state index in [0.717, 1.165) is 5.56 Å². The Morgan fingerprint density at radius 3 is 2.79 bits per heavy atom. The zero-order chi connectivity index (χ0) is 10.6. The van der Waals surface area contributed by atoms with Crippen molar-refractivity contribution in [3.05, 3.63) is 29.8 Å². The normalized spacial score (nSPS) is 11.3. The molecule has 0 unspecified atom stereocenters. The highest BCUT2D eigenvalue weighted by atomic mass is 32.2. The van der Waals surface area contributed by atoms with Crippen LogP contribution in [0.15, 0.2) is 24.3 Å².